The van der Waals surface area contributed by atoms with Crippen LogP contribution in [0.25, 0.3) is 0 Å². The van der Waals surface area contributed by atoms with Crippen molar-refractivity contribution >= 4 is 5.69 Å². The third-order valence-electron chi connectivity index (χ3n) is 3.18. The molecule has 94 valence electrons. The van der Waals surface area contributed by atoms with Gasteiger partial charge in [-0.15, -0.1) is 0 Å². The summed E-state index contributed by atoms with van der Waals surface area (Å²) < 4.78 is 12.0. The molecule has 0 aromatic heterocycles. The largest absolute Gasteiger partial charge is 0.485 e. The lowest BCUT2D eigenvalue weighted by Gasteiger charge is -2.27. The van der Waals surface area contributed by atoms with Crippen molar-refractivity contribution in [2.24, 2.45) is 0 Å². The van der Waals surface area contributed by atoms with Crippen LogP contribution in [-0.4, -0.2) is 17.3 Å². The first-order valence-corrected chi connectivity index (χ1v) is 6.01. The van der Waals surface area contributed by atoms with Crippen LogP contribution in [0.1, 0.15) is 34.1 Å². The molecule has 0 amide bonds. The van der Waals surface area contributed by atoms with Gasteiger partial charge in [-0.25, -0.2) is 0 Å². The van der Waals surface area contributed by atoms with Gasteiger partial charge in [-0.1, -0.05) is 12.1 Å². The maximum atomic E-state index is 6.01. The minimum atomic E-state index is -0.286. The van der Waals surface area contributed by atoms with Crippen LogP contribution in [-0.2, 0) is 4.74 Å². The number of hydrogen-bond donors (Lipinski definition) is 1. The van der Waals surface area contributed by atoms with E-state index in [1.54, 1.807) is 0 Å². The summed E-state index contributed by atoms with van der Waals surface area (Å²) in [6.45, 7) is 8.30. The highest BCUT2D eigenvalue weighted by molar-refractivity contribution is 5.52. The summed E-state index contributed by atoms with van der Waals surface area (Å²) in [6, 6.07) is 7.59. The van der Waals surface area contributed by atoms with Crippen LogP contribution in [0.15, 0.2) is 24.3 Å². The zero-order valence-corrected chi connectivity index (χ0v) is 11.0. The van der Waals surface area contributed by atoms with Crippen LogP contribution in [0, 0.1) is 0 Å². The van der Waals surface area contributed by atoms with Crippen LogP contribution in [0.5, 0.6) is 5.75 Å². The van der Waals surface area contributed by atoms with Crippen LogP contribution >= 0.6 is 0 Å². The van der Waals surface area contributed by atoms with Gasteiger partial charge in [0, 0.05) is 6.42 Å². The molecular formula is C14H21NO2. The van der Waals surface area contributed by atoms with E-state index in [1.165, 1.54) is 0 Å². The molecule has 1 atom stereocenters. The summed E-state index contributed by atoms with van der Waals surface area (Å²) in [5.74, 6) is 0.742. The maximum Gasteiger partial charge on any atom is 0.142 e. The van der Waals surface area contributed by atoms with Crippen molar-refractivity contribution in [3.05, 3.63) is 24.3 Å². The van der Waals surface area contributed by atoms with E-state index < -0.39 is 0 Å². The second-order valence-corrected chi connectivity index (χ2v) is 5.81. The fraction of sp³-hybridized carbons (Fsp3) is 0.571. The van der Waals surface area contributed by atoms with Gasteiger partial charge in [-0.05, 0) is 39.8 Å². The molecule has 1 unspecified atom stereocenters. The van der Waals surface area contributed by atoms with Crippen LogP contribution in [0.4, 0.5) is 5.69 Å². The van der Waals surface area contributed by atoms with Gasteiger partial charge in [0.05, 0.1) is 11.3 Å². The Kier molecular flexibility index (Phi) is 2.82. The highest BCUT2D eigenvalue weighted by Crippen LogP contribution is 2.40. The Bertz CT molecular complexity index is 412. The quantitative estimate of drug-likeness (QED) is 0.801. The van der Waals surface area contributed by atoms with Crippen molar-refractivity contribution in [3.63, 3.8) is 0 Å². The number of benzene rings is 1. The molecule has 0 saturated carbocycles. The van der Waals surface area contributed by atoms with E-state index in [9.17, 15) is 0 Å². The normalized spacial score (nSPS) is 25.8. The highest BCUT2D eigenvalue weighted by Gasteiger charge is 2.47. The SMILES string of the molecule is CC1(C)CC(Oc2ccccc2N)C(C)(C)O1. The Hall–Kier alpha value is -1.22. The topological polar surface area (TPSA) is 44.5 Å². The zero-order valence-electron chi connectivity index (χ0n) is 11.0. The van der Waals surface area contributed by atoms with Crippen molar-refractivity contribution in [2.75, 3.05) is 5.73 Å². The molecule has 1 aromatic carbocycles. The molecule has 3 nitrogen and oxygen atoms in total. The predicted octanol–water partition coefficient (Wildman–Crippen LogP) is 2.99. The van der Waals surface area contributed by atoms with E-state index in [-0.39, 0.29) is 17.3 Å². The smallest absolute Gasteiger partial charge is 0.142 e. The minimum absolute atomic E-state index is 0.0298. The Balaban J connectivity index is 2.17. The van der Waals surface area contributed by atoms with Gasteiger partial charge in [0.2, 0.25) is 0 Å². The van der Waals surface area contributed by atoms with E-state index in [1.807, 2.05) is 24.3 Å². The zero-order chi connectivity index (χ0) is 12.7. The third-order valence-corrected chi connectivity index (χ3v) is 3.18. The number of anilines is 1. The standard InChI is InChI=1S/C14H21NO2/c1-13(2)9-12(14(3,4)17-13)16-11-8-6-5-7-10(11)15/h5-8,12H,9,15H2,1-4H3. The fourth-order valence-electron chi connectivity index (χ4n) is 2.44. The average Bonchev–Trinajstić information content (AvgIpc) is 2.38. The van der Waals surface area contributed by atoms with Gasteiger partial charge in [0.25, 0.3) is 0 Å². The first-order valence-electron chi connectivity index (χ1n) is 6.01. The Labute approximate surface area is 103 Å². The molecule has 1 fully saturated rings. The molecule has 0 bridgehead atoms. The van der Waals surface area contributed by atoms with Gasteiger partial charge in [0.1, 0.15) is 17.5 Å². The summed E-state index contributed by atoms with van der Waals surface area (Å²) >= 11 is 0. The molecule has 2 N–H and O–H groups in total. The summed E-state index contributed by atoms with van der Waals surface area (Å²) in [6.07, 6.45) is 0.899. The van der Waals surface area contributed by atoms with Gasteiger partial charge >= 0.3 is 0 Å². The monoisotopic (exact) mass is 235 g/mol. The number of para-hydroxylation sites is 2. The lowest BCUT2D eigenvalue weighted by atomic mass is 9.97. The van der Waals surface area contributed by atoms with E-state index in [2.05, 4.69) is 27.7 Å². The fourth-order valence-corrected chi connectivity index (χ4v) is 2.44. The number of nitrogens with two attached hydrogens (primary N) is 1. The highest BCUT2D eigenvalue weighted by atomic mass is 16.6. The van der Waals surface area contributed by atoms with E-state index >= 15 is 0 Å². The number of ether oxygens (including phenoxy) is 2. The molecule has 3 heteroatoms. The van der Waals surface area contributed by atoms with Crippen molar-refractivity contribution < 1.29 is 9.47 Å². The van der Waals surface area contributed by atoms with E-state index in [4.69, 9.17) is 15.2 Å². The molecule has 2 rings (SSSR count). The molecule has 17 heavy (non-hydrogen) atoms. The summed E-state index contributed by atoms with van der Waals surface area (Å²) in [7, 11) is 0. The molecule has 1 saturated heterocycles. The summed E-state index contributed by atoms with van der Waals surface area (Å²) in [4.78, 5) is 0. The minimum Gasteiger partial charge on any atom is -0.485 e. The molecule has 0 spiro atoms. The van der Waals surface area contributed by atoms with Gasteiger partial charge in [-0.2, -0.15) is 0 Å². The second-order valence-electron chi connectivity index (χ2n) is 5.81. The summed E-state index contributed by atoms with van der Waals surface area (Å²) in [5.41, 5.74) is 6.14. The average molecular weight is 235 g/mol. The lowest BCUT2D eigenvalue weighted by Crippen LogP contribution is -2.36. The second kappa shape index (κ2) is 3.91. The predicted molar refractivity (Wildman–Crippen MR) is 69.1 cm³/mol. The van der Waals surface area contributed by atoms with E-state index in [0.717, 1.165) is 12.2 Å². The van der Waals surface area contributed by atoms with Gasteiger partial charge in [0.15, 0.2) is 0 Å². The van der Waals surface area contributed by atoms with Crippen LogP contribution < -0.4 is 10.5 Å². The van der Waals surface area contributed by atoms with Crippen molar-refractivity contribution in [1.82, 2.24) is 0 Å². The van der Waals surface area contributed by atoms with Gasteiger partial charge < -0.3 is 15.2 Å². The Morgan fingerprint density at radius 1 is 1.24 bits per heavy atom. The first-order chi connectivity index (χ1) is 7.80. The number of hydrogen-bond acceptors (Lipinski definition) is 3. The molecule has 1 heterocycles. The lowest BCUT2D eigenvalue weighted by molar-refractivity contribution is -0.0845. The van der Waals surface area contributed by atoms with Crippen molar-refractivity contribution in [3.8, 4) is 5.75 Å². The summed E-state index contributed by atoms with van der Waals surface area (Å²) in [5, 5.41) is 0. The van der Waals surface area contributed by atoms with Crippen molar-refractivity contribution in [2.45, 2.75) is 51.4 Å². The van der Waals surface area contributed by atoms with Crippen molar-refractivity contribution in [1.29, 1.82) is 0 Å². The molecule has 0 radical (unpaired) electrons. The molecule has 1 aromatic rings. The van der Waals surface area contributed by atoms with Gasteiger partial charge in [-0.3, -0.25) is 0 Å². The number of rotatable bonds is 2. The Morgan fingerprint density at radius 3 is 2.41 bits per heavy atom. The molecule has 0 aliphatic carbocycles. The molecule has 1 aliphatic heterocycles. The van der Waals surface area contributed by atoms with Crippen LogP contribution in [0.2, 0.25) is 0 Å². The molecular weight excluding hydrogens is 214 g/mol. The van der Waals surface area contributed by atoms with Crippen LogP contribution in [0.3, 0.4) is 0 Å². The van der Waals surface area contributed by atoms with E-state index in [0.29, 0.717) is 5.69 Å². The maximum absolute atomic E-state index is 6.01. The Morgan fingerprint density at radius 2 is 1.88 bits per heavy atom. The molecule has 1 aliphatic rings. The first kappa shape index (κ1) is 12.2. The third kappa shape index (κ3) is 2.55. The number of nitrogen functional groups attached to an aromatic ring is 1.